The van der Waals surface area contributed by atoms with Gasteiger partial charge in [-0.15, -0.1) is 0 Å². The number of hydrogen-bond donors (Lipinski definition) is 1. The molecule has 0 saturated heterocycles. The molecule has 1 aromatic heterocycles. The average Bonchev–Trinajstić information content (AvgIpc) is 3.23. The standard InChI is InChI=1S/C30H27NO5S/c1-19(2)22-13-15-23(16-14-22)37(33,34)31-27-17-26-28(30(32)35-18-21-9-5-4-6-10-21)20(3)36-29(26)25-12-8-7-11-24(25)27/h4-17,19,31H,18H2,1-3H3. The molecule has 0 amide bonds. The third-order valence-corrected chi connectivity index (χ3v) is 7.77. The molecule has 188 valence electrons. The molecule has 1 N–H and O–H groups in total. The second kappa shape index (κ2) is 9.75. The number of nitrogens with one attached hydrogen (secondary N) is 1. The number of aryl methyl sites for hydroxylation is 1. The maximum Gasteiger partial charge on any atom is 0.342 e. The molecule has 1 heterocycles. The molecule has 7 heteroatoms. The summed E-state index contributed by atoms with van der Waals surface area (Å²) in [4.78, 5) is 13.3. The first-order chi connectivity index (χ1) is 17.7. The van der Waals surface area contributed by atoms with E-state index in [1.807, 2.05) is 66.7 Å². The van der Waals surface area contributed by atoms with E-state index in [1.54, 1.807) is 25.1 Å². The molecule has 4 aromatic carbocycles. The van der Waals surface area contributed by atoms with Gasteiger partial charge in [-0.2, -0.15) is 0 Å². The minimum Gasteiger partial charge on any atom is -0.460 e. The molecule has 5 aromatic rings. The van der Waals surface area contributed by atoms with Crippen LogP contribution in [0.15, 0.2) is 94.2 Å². The van der Waals surface area contributed by atoms with Gasteiger partial charge in [-0.1, -0.05) is 80.6 Å². The van der Waals surface area contributed by atoms with Gasteiger partial charge in [0.05, 0.1) is 10.6 Å². The number of hydrogen-bond acceptors (Lipinski definition) is 5. The van der Waals surface area contributed by atoms with Crippen molar-refractivity contribution < 1.29 is 22.4 Å². The highest BCUT2D eigenvalue weighted by molar-refractivity contribution is 7.92. The lowest BCUT2D eigenvalue weighted by Crippen LogP contribution is -2.13. The Morgan fingerprint density at radius 2 is 1.54 bits per heavy atom. The van der Waals surface area contributed by atoms with Crippen LogP contribution in [0, 0.1) is 6.92 Å². The maximum absolute atomic E-state index is 13.3. The van der Waals surface area contributed by atoms with Gasteiger partial charge in [0.15, 0.2) is 0 Å². The molecule has 6 nitrogen and oxygen atoms in total. The third kappa shape index (κ3) is 4.82. The Kier molecular flexibility index (Phi) is 6.48. The molecule has 0 atom stereocenters. The number of carbonyl (C=O) groups excluding carboxylic acids is 1. The van der Waals surface area contributed by atoms with Crippen LogP contribution in [-0.2, 0) is 21.4 Å². The van der Waals surface area contributed by atoms with E-state index in [1.165, 1.54) is 0 Å². The number of anilines is 1. The summed E-state index contributed by atoms with van der Waals surface area (Å²) in [6, 6.07) is 25.2. The molecule has 0 aliphatic rings. The van der Waals surface area contributed by atoms with Gasteiger partial charge < -0.3 is 9.15 Å². The summed E-state index contributed by atoms with van der Waals surface area (Å²) in [6.45, 7) is 5.93. The van der Waals surface area contributed by atoms with Crippen molar-refractivity contribution >= 4 is 43.4 Å². The molecule has 5 rings (SSSR count). The summed E-state index contributed by atoms with van der Waals surface area (Å²) >= 11 is 0. The van der Waals surface area contributed by atoms with Crippen molar-refractivity contribution in [2.45, 2.75) is 38.2 Å². The van der Waals surface area contributed by atoms with E-state index in [0.717, 1.165) is 11.1 Å². The molecule has 0 spiro atoms. The first kappa shape index (κ1) is 24.6. The highest BCUT2D eigenvalue weighted by Gasteiger charge is 2.24. The number of furan rings is 1. The first-order valence-electron chi connectivity index (χ1n) is 12.0. The Hall–Kier alpha value is -4.10. The largest absolute Gasteiger partial charge is 0.460 e. The molecule has 0 bridgehead atoms. The quantitative estimate of drug-likeness (QED) is 0.233. The molecular formula is C30H27NO5S. The number of ether oxygens (including phenoxy) is 1. The van der Waals surface area contributed by atoms with Crippen molar-refractivity contribution in [1.29, 1.82) is 0 Å². The van der Waals surface area contributed by atoms with Crippen LogP contribution in [0.25, 0.3) is 21.7 Å². The van der Waals surface area contributed by atoms with Crippen LogP contribution in [0.5, 0.6) is 0 Å². The van der Waals surface area contributed by atoms with Gasteiger partial charge in [0.25, 0.3) is 10.0 Å². The number of fused-ring (bicyclic) bond motifs is 3. The van der Waals surface area contributed by atoms with E-state index in [2.05, 4.69) is 18.6 Å². The van der Waals surface area contributed by atoms with Crippen molar-refractivity contribution in [2.24, 2.45) is 0 Å². The summed E-state index contributed by atoms with van der Waals surface area (Å²) in [5, 5.41) is 1.84. The SMILES string of the molecule is Cc1oc2c(cc(NS(=O)(=O)c3ccc(C(C)C)cc3)c3ccccc32)c1C(=O)OCc1ccccc1. The summed E-state index contributed by atoms with van der Waals surface area (Å²) in [7, 11) is -3.89. The summed E-state index contributed by atoms with van der Waals surface area (Å²) < 4.78 is 41.0. The van der Waals surface area contributed by atoms with Crippen LogP contribution in [0.3, 0.4) is 0 Å². The fourth-order valence-electron chi connectivity index (χ4n) is 4.41. The number of sulfonamides is 1. The van der Waals surface area contributed by atoms with Gasteiger partial charge in [-0.05, 0) is 42.2 Å². The highest BCUT2D eigenvalue weighted by atomic mass is 32.2. The normalized spacial score (nSPS) is 11.8. The predicted octanol–water partition coefficient (Wildman–Crippen LogP) is 7.18. The number of esters is 1. The zero-order chi connectivity index (χ0) is 26.2. The van der Waals surface area contributed by atoms with Gasteiger partial charge >= 0.3 is 5.97 Å². The van der Waals surface area contributed by atoms with Crippen molar-refractivity contribution in [2.75, 3.05) is 4.72 Å². The van der Waals surface area contributed by atoms with Gasteiger partial charge in [0, 0.05) is 16.2 Å². The third-order valence-electron chi connectivity index (χ3n) is 6.39. The van der Waals surface area contributed by atoms with Crippen LogP contribution in [-0.4, -0.2) is 14.4 Å². The smallest absolute Gasteiger partial charge is 0.342 e. The molecule has 0 aliphatic carbocycles. The highest BCUT2D eigenvalue weighted by Crippen LogP contribution is 2.38. The zero-order valence-electron chi connectivity index (χ0n) is 20.8. The molecule has 0 aliphatic heterocycles. The molecular weight excluding hydrogens is 486 g/mol. The Morgan fingerprint density at radius 1 is 0.892 bits per heavy atom. The van der Waals surface area contributed by atoms with Gasteiger partial charge in [-0.3, -0.25) is 4.72 Å². The van der Waals surface area contributed by atoms with Crippen LogP contribution < -0.4 is 4.72 Å². The van der Waals surface area contributed by atoms with Crippen molar-refractivity contribution in [3.63, 3.8) is 0 Å². The van der Waals surface area contributed by atoms with Crippen LogP contribution >= 0.6 is 0 Å². The first-order valence-corrected chi connectivity index (χ1v) is 13.5. The fraction of sp³-hybridized carbons (Fsp3) is 0.167. The molecule has 0 radical (unpaired) electrons. The van der Waals surface area contributed by atoms with Crippen molar-refractivity contribution in [3.8, 4) is 0 Å². The van der Waals surface area contributed by atoms with Gasteiger partial charge in [0.1, 0.15) is 23.5 Å². The Labute approximate surface area is 215 Å². The Morgan fingerprint density at radius 3 is 2.22 bits per heavy atom. The lowest BCUT2D eigenvalue weighted by atomic mass is 10.0. The van der Waals surface area contributed by atoms with Gasteiger partial charge in [-0.25, -0.2) is 13.2 Å². The second-order valence-corrected chi connectivity index (χ2v) is 11.0. The fourth-order valence-corrected chi connectivity index (χ4v) is 5.48. The van der Waals surface area contributed by atoms with E-state index in [0.29, 0.717) is 39.1 Å². The van der Waals surface area contributed by atoms with E-state index < -0.39 is 16.0 Å². The topological polar surface area (TPSA) is 85.6 Å². The number of carbonyl (C=O) groups is 1. The maximum atomic E-state index is 13.3. The zero-order valence-corrected chi connectivity index (χ0v) is 21.6. The van der Waals surface area contributed by atoms with Crippen molar-refractivity contribution in [1.82, 2.24) is 0 Å². The van der Waals surface area contributed by atoms with Crippen LogP contribution in [0.2, 0.25) is 0 Å². The van der Waals surface area contributed by atoms with Crippen molar-refractivity contribution in [3.05, 3.63) is 107 Å². The molecule has 37 heavy (non-hydrogen) atoms. The molecule has 0 unspecified atom stereocenters. The summed E-state index contributed by atoms with van der Waals surface area (Å²) in [6.07, 6.45) is 0. The summed E-state index contributed by atoms with van der Waals surface area (Å²) in [5.74, 6) is 0.163. The minimum absolute atomic E-state index is 0.116. The minimum atomic E-state index is -3.89. The van der Waals surface area contributed by atoms with E-state index >= 15 is 0 Å². The lowest BCUT2D eigenvalue weighted by Gasteiger charge is -2.13. The van der Waals surface area contributed by atoms with E-state index in [4.69, 9.17) is 9.15 Å². The van der Waals surface area contributed by atoms with Crippen LogP contribution in [0.1, 0.15) is 47.0 Å². The molecule has 0 saturated carbocycles. The summed E-state index contributed by atoms with van der Waals surface area (Å²) in [5.41, 5.74) is 3.05. The molecule has 0 fully saturated rings. The second-order valence-electron chi connectivity index (χ2n) is 9.27. The lowest BCUT2D eigenvalue weighted by molar-refractivity contribution is 0.0472. The van der Waals surface area contributed by atoms with E-state index in [9.17, 15) is 13.2 Å². The van der Waals surface area contributed by atoms with Gasteiger partial charge in [0.2, 0.25) is 0 Å². The number of rotatable bonds is 7. The average molecular weight is 514 g/mol. The van der Waals surface area contributed by atoms with Crippen LogP contribution in [0.4, 0.5) is 5.69 Å². The number of benzene rings is 4. The monoisotopic (exact) mass is 513 g/mol. The Bertz CT molecular complexity index is 1700. The predicted molar refractivity (Wildman–Crippen MR) is 145 cm³/mol. The Balaban J connectivity index is 1.56. The van der Waals surface area contributed by atoms with E-state index in [-0.39, 0.29) is 17.1 Å².